The smallest absolute Gasteiger partial charge is 0.335 e. The van der Waals surface area contributed by atoms with Crippen molar-refractivity contribution >= 4 is 45.9 Å². The van der Waals surface area contributed by atoms with Gasteiger partial charge in [-0.25, -0.2) is 14.6 Å². The van der Waals surface area contributed by atoms with Gasteiger partial charge in [-0.1, -0.05) is 0 Å². The highest BCUT2D eigenvalue weighted by Gasteiger charge is 2.16. The van der Waals surface area contributed by atoms with Gasteiger partial charge in [-0.15, -0.1) is 34.0 Å². The summed E-state index contributed by atoms with van der Waals surface area (Å²) >= 11 is 5.20. The van der Waals surface area contributed by atoms with Crippen LogP contribution in [0.25, 0.3) is 52.7 Å². The van der Waals surface area contributed by atoms with Gasteiger partial charge in [0.1, 0.15) is 0 Å². The molecule has 6 rings (SSSR count). The van der Waals surface area contributed by atoms with Gasteiger partial charge in [0.15, 0.2) is 0 Å². The number of hydrogen-bond acceptors (Lipinski definition) is 8. The molecule has 0 saturated carbocycles. The van der Waals surface area contributed by atoms with Gasteiger partial charge in [0.25, 0.3) is 0 Å². The lowest BCUT2D eigenvalue weighted by atomic mass is 10.1. The molecule has 0 aliphatic carbocycles. The minimum absolute atomic E-state index is 0.00242. The van der Waals surface area contributed by atoms with Gasteiger partial charge in [-0.2, -0.15) is 0 Å². The predicted molar refractivity (Wildman–Crippen MR) is 159 cm³/mol. The molecule has 196 valence electrons. The number of carboxylic acids is 2. The molecule has 0 radical (unpaired) electrons. The number of carboxylic acid groups (broad SMARTS) is 2. The summed E-state index contributed by atoms with van der Waals surface area (Å²) in [5.41, 5.74) is 3.61. The molecule has 0 aliphatic rings. The number of hydrogen-bond donors (Lipinski definition) is 2. The Kier molecular flexibility index (Phi) is 6.81. The average Bonchev–Trinajstić information content (AvgIpc) is 3.74. The Morgan fingerprint density at radius 3 is 1.88 bits per heavy atom. The topological polar surface area (TPSA) is 113 Å². The van der Waals surface area contributed by atoms with Crippen molar-refractivity contribution < 1.29 is 19.8 Å². The molecule has 0 unspecified atom stereocenters. The van der Waals surface area contributed by atoms with Crippen LogP contribution in [0.2, 0.25) is 0 Å². The Balaban J connectivity index is 1.35. The summed E-state index contributed by atoms with van der Waals surface area (Å²) in [4.78, 5) is 42.6. The SMILES string of the molecule is Cc1ccsc1-c1ccc(-c2ccc(-c3ccnc(-c4cc(C(=O)O)cc(-c5cc(C(=O)O)ccn5)n4)c3)s2)s1. The third-order valence-electron chi connectivity index (χ3n) is 6.19. The molecule has 6 aromatic heterocycles. The van der Waals surface area contributed by atoms with Crippen molar-refractivity contribution in [3.63, 3.8) is 0 Å². The van der Waals surface area contributed by atoms with E-state index in [4.69, 9.17) is 0 Å². The fraction of sp³-hybridized carbons (Fsp3) is 0.0333. The Labute approximate surface area is 240 Å². The molecule has 10 heteroatoms. The molecule has 0 fully saturated rings. The third-order valence-corrected chi connectivity index (χ3v) is 9.80. The van der Waals surface area contributed by atoms with Crippen LogP contribution in [0.15, 0.2) is 84.5 Å². The Morgan fingerprint density at radius 1 is 0.650 bits per heavy atom. The maximum Gasteiger partial charge on any atom is 0.335 e. The molecule has 6 heterocycles. The van der Waals surface area contributed by atoms with Gasteiger partial charge in [-0.3, -0.25) is 9.97 Å². The minimum Gasteiger partial charge on any atom is -0.478 e. The highest BCUT2D eigenvalue weighted by Crippen LogP contribution is 2.42. The lowest BCUT2D eigenvalue weighted by Gasteiger charge is -2.08. The third kappa shape index (κ3) is 5.07. The molecule has 0 atom stereocenters. The first-order chi connectivity index (χ1) is 19.4. The van der Waals surface area contributed by atoms with E-state index in [1.807, 2.05) is 12.1 Å². The van der Waals surface area contributed by atoms with E-state index in [2.05, 4.69) is 57.6 Å². The lowest BCUT2D eigenvalue weighted by molar-refractivity contribution is 0.0686. The van der Waals surface area contributed by atoms with Crippen molar-refractivity contribution in [3.05, 3.63) is 101 Å². The molecule has 0 amide bonds. The molecule has 0 aromatic carbocycles. The zero-order valence-corrected chi connectivity index (χ0v) is 23.3. The molecule has 6 aromatic rings. The fourth-order valence-corrected chi connectivity index (χ4v) is 7.41. The number of aromatic carboxylic acids is 2. The van der Waals surface area contributed by atoms with Crippen LogP contribution < -0.4 is 0 Å². The van der Waals surface area contributed by atoms with E-state index in [-0.39, 0.29) is 22.5 Å². The summed E-state index contributed by atoms with van der Waals surface area (Å²) in [6, 6.07) is 20.0. The van der Waals surface area contributed by atoms with Crippen molar-refractivity contribution in [2.75, 3.05) is 0 Å². The predicted octanol–water partition coefficient (Wildman–Crippen LogP) is 8.10. The van der Waals surface area contributed by atoms with Gasteiger partial charge in [0.05, 0.1) is 33.9 Å². The number of carbonyl (C=O) groups is 2. The second kappa shape index (κ2) is 10.6. The van der Waals surface area contributed by atoms with Crippen LogP contribution in [0.4, 0.5) is 0 Å². The van der Waals surface area contributed by atoms with Crippen LogP contribution in [0.5, 0.6) is 0 Å². The quantitative estimate of drug-likeness (QED) is 0.196. The van der Waals surface area contributed by atoms with E-state index < -0.39 is 11.9 Å². The van der Waals surface area contributed by atoms with Crippen molar-refractivity contribution in [3.8, 4) is 52.7 Å². The number of aromatic nitrogens is 3. The van der Waals surface area contributed by atoms with E-state index in [0.717, 1.165) is 15.3 Å². The summed E-state index contributed by atoms with van der Waals surface area (Å²) in [6.07, 6.45) is 3.03. The zero-order chi connectivity index (χ0) is 27.8. The van der Waals surface area contributed by atoms with Gasteiger partial charge in [0, 0.05) is 36.8 Å². The van der Waals surface area contributed by atoms with Crippen molar-refractivity contribution in [1.29, 1.82) is 0 Å². The summed E-state index contributed by atoms with van der Waals surface area (Å²) < 4.78 is 0. The standard InChI is InChI=1S/C30H19N3O4S3/c1-16-8-11-38-28(16)27-5-4-26(40-27)25-3-2-24(39-25)17-6-9-31-20(12-17)22-14-19(30(36)37)15-23(33-22)21-13-18(29(34)35)7-10-32-21/h2-15H,1H3,(H,34,35)(H,36,37). The monoisotopic (exact) mass is 581 g/mol. The van der Waals surface area contributed by atoms with E-state index >= 15 is 0 Å². The first-order valence-electron chi connectivity index (χ1n) is 12.0. The number of pyridine rings is 3. The Hall–Kier alpha value is -4.51. The summed E-state index contributed by atoms with van der Waals surface area (Å²) in [7, 11) is 0. The van der Waals surface area contributed by atoms with E-state index in [1.165, 1.54) is 50.7 Å². The lowest BCUT2D eigenvalue weighted by Crippen LogP contribution is -2.02. The maximum absolute atomic E-state index is 11.9. The number of nitrogens with zero attached hydrogens (tertiary/aromatic N) is 3. The van der Waals surface area contributed by atoms with Gasteiger partial charge in [0.2, 0.25) is 0 Å². The number of thiophene rings is 3. The Bertz CT molecular complexity index is 1900. The van der Waals surface area contributed by atoms with Crippen LogP contribution in [0.3, 0.4) is 0 Å². The van der Waals surface area contributed by atoms with Crippen LogP contribution in [0.1, 0.15) is 26.3 Å². The molecular formula is C30H19N3O4S3. The average molecular weight is 582 g/mol. The first-order valence-corrected chi connectivity index (χ1v) is 14.5. The molecular weight excluding hydrogens is 563 g/mol. The number of rotatable bonds is 7. The van der Waals surface area contributed by atoms with Crippen LogP contribution >= 0.6 is 34.0 Å². The Morgan fingerprint density at radius 2 is 1.23 bits per heavy atom. The number of aryl methyl sites for hydroxylation is 1. The summed E-state index contributed by atoms with van der Waals surface area (Å²) in [6.45, 7) is 2.13. The van der Waals surface area contributed by atoms with Gasteiger partial charge in [-0.05, 0) is 90.2 Å². The highest BCUT2D eigenvalue weighted by atomic mass is 32.1. The van der Waals surface area contributed by atoms with Crippen molar-refractivity contribution in [2.24, 2.45) is 0 Å². The van der Waals surface area contributed by atoms with E-state index in [9.17, 15) is 19.8 Å². The van der Waals surface area contributed by atoms with Crippen molar-refractivity contribution in [2.45, 2.75) is 6.92 Å². The molecule has 0 saturated heterocycles. The largest absolute Gasteiger partial charge is 0.478 e. The molecule has 0 bridgehead atoms. The first kappa shape index (κ1) is 25.8. The van der Waals surface area contributed by atoms with E-state index in [0.29, 0.717) is 11.4 Å². The molecule has 0 aliphatic heterocycles. The second-order valence-corrected chi connectivity index (χ2v) is 11.9. The molecule has 0 spiro atoms. The van der Waals surface area contributed by atoms with Gasteiger partial charge >= 0.3 is 11.9 Å². The second-order valence-electron chi connectivity index (χ2n) is 8.86. The van der Waals surface area contributed by atoms with Crippen LogP contribution in [-0.2, 0) is 0 Å². The summed E-state index contributed by atoms with van der Waals surface area (Å²) in [5, 5.41) is 21.2. The zero-order valence-electron chi connectivity index (χ0n) is 20.9. The normalized spacial score (nSPS) is 11.0. The van der Waals surface area contributed by atoms with E-state index in [1.54, 1.807) is 40.2 Å². The van der Waals surface area contributed by atoms with Crippen LogP contribution in [0, 0.1) is 6.92 Å². The highest BCUT2D eigenvalue weighted by molar-refractivity contribution is 7.27. The van der Waals surface area contributed by atoms with Gasteiger partial charge < -0.3 is 10.2 Å². The minimum atomic E-state index is -1.13. The maximum atomic E-state index is 11.9. The molecule has 2 N–H and O–H groups in total. The summed E-state index contributed by atoms with van der Waals surface area (Å²) in [5.74, 6) is -2.24. The molecule has 7 nitrogen and oxygen atoms in total. The van der Waals surface area contributed by atoms with Crippen LogP contribution in [-0.4, -0.2) is 37.1 Å². The molecule has 40 heavy (non-hydrogen) atoms. The fourth-order valence-electron chi connectivity index (χ4n) is 4.19. The van der Waals surface area contributed by atoms with Crippen molar-refractivity contribution in [1.82, 2.24) is 15.0 Å².